The first-order chi connectivity index (χ1) is 14.5. The second-order valence-corrected chi connectivity index (χ2v) is 9.43. The highest BCUT2D eigenvalue weighted by Gasteiger charge is 2.40. The average molecular weight is 433 g/mol. The van der Waals surface area contributed by atoms with Crippen molar-refractivity contribution < 1.29 is 24.5 Å². The van der Waals surface area contributed by atoms with E-state index in [1.54, 1.807) is 11.3 Å². The molecule has 1 fully saturated rings. The molecule has 1 aliphatic rings. The molecule has 0 bridgehead atoms. The van der Waals surface area contributed by atoms with E-state index in [1.807, 2.05) is 30.3 Å². The third kappa shape index (κ3) is 5.90. The zero-order valence-corrected chi connectivity index (χ0v) is 18.4. The van der Waals surface area contributed by atoms with Gasteiger partial charge in [0.2, 0.25) is 0 Å². The van der Waals surface area contributed by atoms with Gasteiger partial charge >= 0.3 is 5.97 Å². The maximum Gasteiger partial charge on any atom is 0.305 e. The second-order valence-electron chi connectivity index (χ2n) is 8.32. The van der Waals surface area contributed by atoms with Gasteiger partial charge in [0.1, 0.15) is 5.78 Å². The Bertz CT molecular complexity index is 812. The highest BCUT2D eigenvalue weighted by Crippen LogP contribution is 2.39. The number of ketones is 1. The summed E-state index contributed by atoms with van der Waals surface area (Å²) in [5.74, 6) is -0.238. The maximum atomic E-state index is 12.4. The minimum absolute atomic E-state index is 0.0206. The van der Waals surface area contributed by atoms with Crippen LogP contribution in [0.15, 0.2) is 30.3 Å². The van der Waals surface area contributed by atoms with Crippen molar-refractivity contribution in [3.05, 3.63) is 35.2 Å². The lowest BCUT2D eigenvalue weighted by Crippen LogP contribution is -2.21. The number of carbonyl (C=O) groups is 2. The fraction of sp³-hybridized carbons (Fsp3) is 0.583. The molecule has 2 unspecified atom stereocenters. The number of thiophene rings is 1. The van der Waals surface area contributed by atoms with Gasteiger partial charge in [0, 0.05) is 28.3 Å². The Hall–Kier alpha value is -1.76. The van der Waals surface area contributed by atoms with Crippen LogP contribution in [0.2, 0.25) is 0 Å². The van der Waals surface area contributed by atoms with Crippen LogP contribution in [0.3, 0.4) is 0 Å². The summed E-state index contributed by atoms with van der Waals surface area (Å²) < 4.78 is 5.80. The quantitative estimate of drug-likeness (QED) is 0.394. The molecule has 30 heavy (non-hydrogen) atoms. The number of aliphatic hydroxyl groups excluding tert-OH is 2. The van der Waals surface area contributed by atoms with Crippen molar-refractivity contribution in [3.8, 4) is 0 Å². The molecule has 0 amide bonds. The molecule has 4 atom stereocenters. The molecule has 0 saturated heterocycles. The Morgan fingerprint density at radius 2 is 1.97 bits per heavy atom. The summed E-state index contributed by atoms with van der Waals surface area (Å²) in [7, 11) is 1.40. The van der Waals surface area contributed by atoms with E-state index in [1.165, 1.54) is 7.11 Å². The number of benzene rings is 1. The molecule has 164 valence electrons. The lowest BCUT2D eigenvalue weighted by Gasteiger charge is -2.22. The molecule has 2 N–H and O–H groups in total. The number of carbonyl (C=O) groups excluding carboxylic acids is 2. The van der Waals surface area contributed by atoms with E-state index in [-0.39, 0.29) is 30.0 Å². The van der Waals surface area contributed by atoms with Gasteiger partial charge in [-0.2, -0.15) is 0 Å². The number of methoxy groups -OCH3 is 1. The summed E-state index contributed by atoms with van der Waals surface area (Å²) in [6.45, 7) is 0. The van der Waals surface area contributed by atoms with Gasteiger partial charge in [-0.25, -0.2) is 0 Å². The van der Waals surface area contributed by atoms with Gasteiger partial charge < -0.3 is 14.9 Å². The molecular weight excluding hydrogens is 400 g/mol. The lowest BCUT2D eigenvalue weighted by molar-refractivity contribution is -0.140. The minimum Gasteiger partial charge on any atom is -0.469 e. The molecule has 3 rings (SSSR count). The van der Waals surface area contributed by atoms with Crippen molar-refractivity contribution in [2.24, 2.45) is 11.8 Å². The standard InChI is InChI=1S/C24H32O5S/c1-29-24(28)11-5-3-2-4-9-17-18(21(27)15-20(17)26)12-13-19(25)23-14-16-8-6-7-10-22(16)30-23/h6-8,10,14,17-20,25-26H,2-5,9,11-13,15H2,1H3/t17?,18-,19?,20+/m1/s1. The summed E-state index contributed by atoms with van der Waals surface area (Å²) in [5, 5.41) is 22.2. The molecular formula is C24H32O5S. The molecule has 1 aromatic heterocycles. The van der Waals surface area contributed by atoms with E-state index < -0.39 is 12.2 Å². The van der Waals surface area contributed by atoms with Gasteiger partial charge in [-0.05, 0) is 49.1 Å². The first-order valence-corrected chi connectivity index (χ1v) is 11.8. The number of rotatable bonds is 11. The van der Waals surface area contributed by atoms with E-state index >= 15 is 0 Å². The summed E-state index contributed by atoms with van der Waals surface area (Å²) in [4.78, 5) is 24.5. The molecule has 1 saturated carbocycles. The molecule has 5 nitrogen and oxygen atoms in total. The lowest BCUT2D eigenvalue weighted by atomic mass is 9.85. The number of ether oxygens (including phenoxy) is 1. The monoisotopic (exact) mass is 432 g/mol. The first-order valence-electron chi connectivity index (χ1n) is 10.9. The largest absolute Gasteiger partial charge is 0.469 e. The number of unbranched alkanes of at least 4 members (excludes halogenated alkanes) is 3. The van der Waals surface area contributed by atoms with Crippen LogP contribution in [0.5, 0.6) is 0 Å². The van der Waals surface area contributed by atoms with Gasteiger partial charge in [-0.1, -0.05) is 37.5 Å². The third-order valence-corrected chi connectivity index (χ3v) is 7.47. The highest BCUT2D eigenvalue weighted by atomic mass is 32.1. The van der Waals surface area contributed by atoms with E-state index in [0.29, 0.717) is 19.3 Å². The topological polar surface area (TPSA) is 83.8 Å². The normalized spacial score (nSPS) is 22.5. The molecule has 2 aromatic rings. The fourth-order valence-corrected chi connectivity index (χ4v) is 5.62. The smallest absolute Gasteiger partial charge is 0.305 e. The van der Waals surface area contributed by atoms with Crippen LogP contribution in [0, 0.1) is 11.8 Å². The summed E-state index contributed by atoms with van der Waals surface area (Å²) in [6.07, 6.45) is 5.15. The molecule has 6 heteroatoms. The van der Waals surface area contributed by atoms with E-state index in [4.69, 9.17) is 0 Å². The highest BCUT2D eigenvalue weighted by molar-refractivity contribution is 7.19. The van der Waals surface area contributed by atoms with Gasteiger partial charge in [-0.3, -0.25) is 9.59 Å². The van der Waals surface area contributed by atoms with Crippen molar-refractivity contribution >= 4 is 33.2 Å². The fourth-order valence-electron chi connectivity index (χ4n) is 4.54. The van der Waals surface area contributed by atoms with Gasteiger partial charge in [0.15, 0.2) is 0 Å². The van der Waals surface area contributed by atoms with Gasteiger partial charge in [-0.15, -0.1) is 11.3 Å². The van der Waals surface area contributed by atoms with Crippen LogP contribution < -0.4 is 0 Å². The van der Waals surface area contributed by atoms with Crippen molar-refractivity contribution in [3.63, 3.8) is 0 Å². The van der Waals surface area contributed by atoms with E-state index in [2.05, 4.69) is 4.74 Å². The van der Waals surface area contributed by atoms with E-state index in [9.17, 15) is 19.8 Å². The van der Waals surface area contributed by atoms with Gasteiger partial charge in [0.25, 0.3) is 0 Å². The molecule has 0 spiro atoms. The molecule has 0 radical (unpaired) electrons. The summed E-state index contributed by atoms with van der Waals surface area (Å²) >= 11 is 1.60. The number of Topliss-reactive ketones (excluding diaryl/α,β-unsaturated/α-hetero) is 1. The summed E-state index contributed by atoms with van der Waals surface area (Å²) in [6, 6.07) is 10.1. The molecule has 0 aliphatic heterocycles. The Morgan fingerprint density at radius 3 is 2.73 bits per heavy atom. The predicted molar refractivity (Wildman–Crippen MR) is 118 cm³/mol. The molecule has 1 heterocycles. The second kappa shape index (κ2) is 11.0. The number of esters is 1. The van der Waals surface area contributed by atoms with Crippen molar-refractivity contribution in [2.75, 3.05) is 7.11 Å². The van der Waals surface area contributed by atoms with Gasteiger partial charge in [0.05, 0.1) is 19.3 Å². The Kier molecular flexibility index (Phi) is 8.42. The average Bonchev–Trinajstić information content (AvgIpc) is 3.29. The van der Waals surface area contributed by atoms with Crippen molar-refractivity contribution in [1.29, 1.82) is 0 Å². The van der Waals surface area contributed by atoms with Crippen LogP contribution in [0.25, 0.3) is 10.1 Å². The summed E-state index contributed by atoms with van der Waals surface area (Å²) in [5.41, 5.74) is 0. The van der Waals surface area contributed by atoms with Crippen LogP contribution in [0.4, 0.5) is 0 Å². The Morgan fingerprint density at radius 1 is 1.20 bits per heavy atom. The predicted octanol–water partition coefficient (Wildman–Crippen LogP) is 4.79. The Balaban J connectivity index is 1.46. The first kappa shape index (κ1) is 22.9. The zero-order valence-electron chi connectivity index (χ0n) is 17.6. The number of hydrogen-bond donors (Lipinski definition) is 2. The zero-order chi connectivity index (χ0) is 21.5. The van der Waals surface area contributed by atoms with E-state index in [0.717, 1.165) is 47.1 Å². The third-order valence-electron chi connectivity index (χ3n) is 6.26. The number of aliphatic hydroxyl groups is 2. The Labute approximate surface area is 182 Å². The minimum atomic E-state index is -0.577. The number of hydrogen-bond acceptors (Lipinski definition) is 6. The SMILES string of the molecule is COC(=O)CCCCCCC1[C@@H](O)CC(=O)[C@@H]1CCC(O)c1cc2ccccc2s1. The number of fused-ring (bicyclic) bond motifs is 1. The van der Waals surface area contributed by atoms with Crippen LogP contribution >= 0.6 is 11.3 Å². The molecule has 1 aliphatic carbocycles. The van der Waals surface area contributed by atoms with Crippen LogP contribution in [0.1, 0.15) is 68.8 Å². The van der Waals surface area contributed by atoms with Crippen molar-refractivity contribution in [2.45, 2.75) is 70.0 Å². The maximum absolute atomic E-state index is 12.4. The van der Waals surface area contributed by atoms with Crippen LogP contribution in [-0.4, -0.2) is 35.2 Å². The van der Waals surface area contributed by atoms with Crippen LogP contribution in [-0.2, 0) is 14.3 Å². The van der Waals surface area contributed by atoms with Crippen molar-refractivity contribution in [1.82, 2.24) is 0 Å². The molecule has 1 aromatic carbocycles.